The highest BCUT2D eigenvalue weighted by atomic mass is 35.5. The number of nitro groups is 1. The second-order valence-corrected chi connectivity index (χ2v) is 4.79. The Labute approximate surface area is 124 Å². The molecule has 0 fully saturated rings. The van der Waals surface area contributed by atoms with E-state index in [2.05, 4.69) is 0 Å². The Morgan fingerprint density at radius 3 is 2.57 bits per heavy atom. The first-order valence-corrected chi connectivity index (χ1v) is 6.31. The van der Waals surface area contributed by atoms with Crippen LogP contribution in [0.3, 0.4) is 0 Å². The summed E-state index contributed by atoms with van der Waals surface area (Å²) in [5.41, 5.74) is 6.21. The zero-order valence-electron chi connectivity index (χ0n) is 10.7. The Hall–Kier alpha value is -2.60. The molecular weight excluding hydrogens is 296 g/mol. The monoisotopic (exact) mass is 306 g/mol. The minimum Gasteiger partial charge on any atom is -0.507 e. The van der Waals surface area contributed by atoms with Gasteiger partial charge in [-0.25, -0.2) is 0 Å². The lowest BCUT2D eigenvalue weighted by Crippen LogP contribution is -2.13. The first-order valence-electron chi connectivity index (χ1n) is 5.93. The number of phenols is 1. The highest BCUT2D eigenvalue weighted by Gasteiger charge is 2.18. The molecule has 6 nitrogen and oxygen atoms in total. The minimum atomic E-state index is -0.677. The first-order chi connectivity index (χ1) is 9.90. The number of halogens is 1. The number of phenolic OH excluding ortho intramolecular Hbond substituents is 1. The molecule has 0 heterocycles. The summed E-state index contributed by atoms with van der Waals surface area (Å²) in [5, 5.41) is 20.5. The van der Waals surface area contributed by atoms with Crippen molar-refractivity contribution in [2.75, 3.05) is 0 Å². The third-order valence-electron chi connectivity index (χ3n) is 3.01. The van der Waals surface area contributed by atoms with E-state index in [0.717, 1.165) is 6.07 Å². The summed E-state index contributed by atoms with van der Waals surface area (Å²) in [7, 11) is 0. The number of nitrogens with two attached hydrogens (primary N) is 1. The van der Waals surface area contributed by atoms with Crippen LogP contribution in [0, 0.1) is 10.1 Å². The predicted octanol–water partition coefficient (Wildman–Crippen LogP) is 2.64. The van der Waals surface area contributed by atoms with Gasteiger partial charge >= 0.3 is 0 Å². The van der Waals surface area contributed by atoms with Gasteiger partial charge in [0.2, 0.25) is 5.91 Å². The van der Waals surface area contributed by atoms with Gasteiger partial charge in [0.15, 0.2) is 0 Å². The van der Waals surface area contributed by atoms with Crippen molar-refractivity contribution in [3.05, 3.63) is 68.2 Å². The fraction of sp³-hybridized carbons (Fsp3) is 0.0714. The minimum absolute atomic E-state index is 0.0793. The maximum absolute atomic E-state index is 11.4. The van der Waals surface area contributed by atoms with E-state index in [0.29, 0.717) is 16.7 Å². The van der Waals surface area contributed by atoms with Crippen molar-refractivity contribution in [2.45, 2.75) is 6.42 Å². The SMILES string of the molecule is NC(=O)c1ccccc1Cc1cc(Cl)c([N+](=O)[O-])cc1O. The molecule has 0 atom stereocenters. The van der Waals surface area contributed by atoms with Crippen LogP contribution in [-0.4, -0.2) is 15.9 Å². The lowest BCUT2D eigenvalue weighted by Gasteiger charge is -2.09. The lowest BCUT2D eigenvalue weighted by molar-refractivity contribution is -0.384. The number of rotatable bonds is 4. The molecule has 0 spiro atoms. The van der Waals surface area contributed by atoms with Crippen LogP contribution in [0.2, 0.25) is 5.02 Å². The van der Waals surface area contributed by atoms with Gasteiger partial charge in [-0.2, -0.15) is 0 Å². The average molecular weight is 307 g/mol. The van der Waals surface area contributed by atoms with E-state index in [1.165, 1.54) is 6.07 Å². The van der Waals surface area contributed by atoms with Crippen molar-refractivity contribution >= 4 is 23.2 Å². The van der Waals surface area contributed by atoms with Gasteiger partial charge in [-0.1, -0.05) is 29.8 Å². The molecule has 7 heteroatoms. The van der Waals surface area contributed by atoms with Crippen molar-refractivity contribution in [1.82, 2.24) is 0 Å². The summed E-state index contributed by atoms with van der Waals surface area (Å²) in [6, 6.07) is 8.96. The van der Waals surface area contributed by atoms with Crippen LogP contribution in [0.1, 0.15) is 21.5 Å². The van der Waals surface area contributed by atoms with Gasteiger partial charge in [0.25, 0.3) is 5.69 Å². The molecule has 108 valence electrons. The van der Waals surface area contributed by atoms with Gasteiger partial charge < -0.3 is 10.8 Å². The first kappa shape index (κ1) is 14.8. The number of amides is 1. The summed E-state index contributed by atoms with van der Waals surface area (Å²) in [5.74, 6) is -0.844. The van der Waals surface area contributed by atoms with Gasteiger partial charge in [0, 0.05) is 17.5 Å². The van der Waals surface area contributed by atoms with E-state index in [1.54, 1.807) is 24.3 Å². The molecule has 0 radical (unpaired) electrons. The molecule has 2 rings (SSSR count). The fourth-order valence-electron chi connectivity index (χ4n) is 1.99. The lowest BCUT2D eigenvalue weighted by atomic mass is 9.98. The highest BCUT2D eigenvalue weighted by Crippen LogP contribution is 2.33. The molecule has 2 aromatic carbocycles. The van der Waals surface area contributed by atoms with Crippen LogP contribution >= 0.6 is 11.6 Å². The summed E-state index contributed by atoms with van der Waals surface area (Å²) < 4.78 is 0. The van der Waals surface area contributed by atoms with E-state index in [9.17, 15) is 20.0 Å². The van der Waals surface area contributed by atoms with E-state index in [4.69, 9.17) is 17.3 Å². The zero-order chi connectivity index (χ0) is 15.6. The molecule has 3 N–H and O–H groups in total. The summed E-state index contributed by atoms with van der Waals surface area (Å²) in [6.07, 6.45) is 0.183. The number of aromatic hydroxyl groups is 1. The molecule has 0 saturated heterocycles. The van der Waals surface area contributed by atoms with Crippen molar-refractivity contribution in [3.8, 4) is 5.75 Å². The number of hydrogen-bond donors (Lipinski definition) is 2. The van der Waals surface area contributed by atoms with Gasteiger partial charge in [-0.15, -0.1) is 0 Å². The standard InChI is InChI=1S/C14H11ClN2O4/c15-11-6-9(13(18)7-12(11)17(20)21)5-8-3-1-2-4-10(8)14(16)19/h1-4,6-7,18H,5H2,(H2,16,19). The summed E-state index contributed by atoms with van der Waals surface area (Å²) in [4.78, 5) is 21.4. The van der Waals surface area contributed by atoms with Crippen molar-refractivity contribution < 1.29 is 14.8 Å². The second kappa shape index (κ2) is 5.80. The number of nitro benzene ring substituents is 1. The summed E-state index contributed by atoms with van der Waals surface area (Å²) >= 11 is 5.82. The number of nitrogens with zero attached hydrogens (tertiary/aromatic N) is 1. The van der Waals surface area contributed by atoms with Crippen molar-refractivity contribution in [3.63, 3.8) is 0 Å². The van der Waals surface area contributed by atoms with Gasteiger partial charge in [0.1, 0.15) is 10.8 Å². The molecule has 0 aromatic heterocycles. The molecule has 0 unspecified atom stereocenters. The fourth-order valence-corrected chi connectivity index (χ4v) is 2.25. The highest BCUT2D eigenvalue weighted by molar-refractivity contribution is 6.32. The maximum atomic E-state index is 11.4. The largest absolute Gasteiger partial charge is 0.507 e. The molecule has 0 aliphatic heterocycles. The Bertz CT molecular complexity index is 731. The van der Waals surface area contributed by atoms with Crippen LogP contribution in [0.4, 0.5) is 5.69 Å². The topological polar surface area (TPSA) is 106 Å². The molecule has 0 aliphatic rings. The number of primary amides is 1. The molecule has 2 aromatic rings. The number of carbonyl (C=O) groups is 1. The van der Waals surface area contributed by atoms with Crippen LogP contribution in [0.25, 0.3) is 0 Å². The van der Waals surface area contributed by atoms with E-state index in [-0.39, 0.29) is 22.9 Å². The molecule has 0 bridgehead atoms. The van der Waals surface area contributed by atoms with Crippen LogP contribution in [0.15, 0.2) is 36.4 Å². The quantitative estimate of drug-likeness (QED) is 0.668. The number of benzene rings is 2. The molecule has 0 saturated carbocycles. The Morgan fingerprint density at radius 1 is 1.29 bits per heavy atom. The van der Waals surface area contributed by atoms with E-state index in [1.807, 2.05) is 0 Å². The Balaban J connectivity index is 2.44. The maximum Gasteiger partial charge on any atom is 0.291 e. The van der Waals surface area contributed by atoms with E-state index >= 15 is 0 Å². The second-order valence-electron chi connectivity index (χ2n) is 4.39. The van der Waals surface area contributed by atoms with Crippen molar-refractivity contribution in [2.24, 2.45) is 5.73 Å². The third kappa shape index (κ3) is 3.11. The normalized spacial score (nSPS) is 10.3. The van der Waals surface area contributed by atoms with Gasteiger partial charge in [-0.3, -0.25) is 14.9 Å². The van der Waals surface area contributed by atoms with Gasteiger partial charge in [-0.05, 0) is 17.7 Å². The van der Waals surface area contributed by atoms with Crippen LogP contribution in [-0.2, 0) is 6.42 Å². The molecule has 1 amide bonds. The summed E-state index contributed by atoms with van der Waals surface area (Å²) in [6.45, 7) is 0. The number of carbonyl (C=O) groups excluding carboxylic acids is 1. The number of hydrogen-bond acceptors (Lipinski definition) is 4. The zero-order valence-corrected chi connectivity index (χ0v) is 11.5. The molecule has 21 heavy (non-hydrogen) atoms. The smallest absolute Gasteiger partial charge is 0.291 e. The van der Waals surface area contributed by atoms with Gasteiger partial charge in [0.05, 0.1) is 11.0 Å². The van der Waals surface area contributed by atoms with Crippen LogP contribution < -0.4 is 5.73 Å². The van der Waals surface area contributed by atoms with E-state index < -0.39 is 10.8 Å². The molecule has 0 aliphatic carbocycles. The molecular formula is C14H11ClN2O4. The third-order valence-corrected chi connectivity index (χ3v) is 3.31. The Morgan fingerprint density at radius 2 is 1.95 bits per heavy atom. The Kier molecular flexibility index (Phi) is 4.09. The van der Waals surface area contributed by atoms with Crippen molar-refractivity contribution in [1.29, 1.82) is 0 Å². The van der Waals surface area contributed by atoms with Crippen LogP contribution in [0.5, 0.6) is 5.75 Å². The average Bonchev–Trinajstić information content (AvgIpc) is 2.42. The predicted molar refractivity (Wildman–Crippen MR) is 77.5 cm³/mol.